The molecule has 2 heterocycles. The first-order valence-corrected chi connectivity index (χ1v) is 9.82. The summed E-state index contributed by atoms with van der Waals surface area (Å²) in [5.41, 5.74) is 2.50. The molecule has 0 aliphatic carbocycles. The molecule has 1 fully saturated rings. The summed E-state index contributed by atoms with van der Waals surface area (Å²) in [5, 5.41) is 9.45. The van der Waals surface area contributed by atoms with Gasteiger partial charge in [-0.2, -0.15) is 0 Å². The van der Waals surface area contributed by atoms with Crippen molar-refractivity contribution in [3.8, 4) is 0 Å². The number of hydrogen-bond acceptors (Lipinski definition) is 3. The van der Waals surface area contributed by atoms with Crippen LogP contribution in [0.1, 0.15) is 43.7 Å². The number of fused-ring (bicyclic) bond motifs is 1. The first-order chi connectivity index (χ1) is 13.2. The molecule has 2 aliphatic heterocycles. The van der Waals surface area contributed by atoms with Gasteiger partial charge in [0.15, 0.2) is 5.96 Å². The van der Waals surface area contributed by atoms with Crippen LogP contribution in [-0.2, 0) is 22.7 Å². The highest BCUT2D eigenvalue weighted by molar-refractivity contribution is 5.81. The van der Waals surface area contributed by atoms with E-state index in [2.05, 4.69) is 33.1 Å². The monoisotopic (exact) mass is 371 g/mol. The standard InChI is InChI=1S/C20H29N5O2/c1-2-21-20(24-17-9-10-18(26)23-12-17)22-11-5-8-19(27)25-13-15-6-3-4-7-16(15)14-25/h3-4,6-7,17H,2,5,8-14H2,1H3,(H,23,26)(H2,21,22,24). The van der Waals surface area contributed by atoms with Crippen molar-refractivity contribution in [2.45, 2.75) is 51.7 Å². The predicted octanol–water partition coefficient (Wildman–Crippen LogP) is 1.14. The number of amides is 2. The number of nitrogens with zero attached hydrogens (tertiary/aromatic N) is 2. The molecule has 2 amide bonds. The molecule has 7 heteroatoms. The zero-order chi connectivity index (χ0) is 19.1. The minimum absolute atomic E-state index is 0.109. The summed E-state index contributed by atoms with van der Waals surface area (Å²) in [4.78, 5) is 30.2. The van der Waals surface area contributed by atoms with E-state index < -0.39 is 0 Å². The Morgan fingerprint density at radius 3 is 2.67 bits per heavy atom. The highest BCUT2D eigenvalue weighted by Gasteiger charge is 2.22. The van der Waals surface area contributed by atoms with Crippen molar-refractivity contribution in [3.63, 3.8) is 0 Å². The van der Waals surface area contributed by atoms with Crippen LogP contribution in [0.2, 0.25) is 0 Å². The van der Waals surface area contributed by atoms with Crippen molar-refractivity contribution in [1.29, 1.82) is 0 Å². The van der Waals surface area contributed by atoms with Crippen LogP contribution in [0.4, 0.5) is 0 Å². The summed E-state index contributed by atoms with van der Waals surface area (Å²) in [5.74, 6) is 1.05. The molecular formula is C20H29N5O2. The fourth-order valence-corrected chi connectivity index (χ4v) is 3.46. The van der Waals surface area contributed by atoms with Crippen LogP contribution < -0.4 is 16.0 Å². The van der Waals surface area contributed by atoms with Crippen LogP contribution >= 0.6 is 0 Å². The third-order valence-electron chi connectivity index (χ3n) is 4.96. The van der Waals surface area contributed by atoms with E-state index in [4.69, 9.17) is 0 Å². The Balaban J connectivity index is 1.41. The second-order valence-corrected chi connectivity index (χ2v) is 7.07. The van der Waals surface area contributed by atoms with Crippen LogP contribution in [0.25, 0.3) is 0 Å². The molecule has 27 heavy (non-hydrogen) atoms. The van der Waals surface area contributed by atoms with Crippen molar-refractivity contribution < 1.29 is 9.59 Å². The summed E-state index contributed by atoms with van der Waals surface area (Å²) in [7, 11) is 0. The Hall–Kier alpha value is -2.57. The van der Waals surface area contributed by atoms with Crippen molar-refractivity contribution >= 4 is 17.8 Å². The van der Waals surface area contributed by atoms with Crippen molar-refractivity contribution in [3.05, 3.63) is 35.4 Å². The Morgan fingerprint density at radius 2 is 2.04 bits per heavy atom. The van der Waals surface area contributed by atoms with Gasteiger partial charge in [0.05, 0.1) is 0 Å². The summed E-state index contributed by atoms with van der Waals surface area (Å²) < 4.78 is 0. The van der Waals surface area contributed by atoms with Gasteiger partial charge in [0.25, 0.3) is 0 Å². The van der Waals surface area contributed by atoms with Gasteiger partial charge in [0.2, 0.25) is 11.8 Å². The normalized spacial score (nSPS) is 19.4. The van der Waals surface area contributed by atoms with E-state index >= 15 is 0 Å². The molecule has 7 nitrogen and oxygen atoms in total. The number of carbonyl (C=O) groups excluding carboxylic acids is 2. The van der Waals surface area contributed by atoms with Gasteiger partial charge in [-0.3, -0.25) is 14.6 Å². The van der Waals surface area contributed by atoms with E-state index in [1.807, 2.05) is 24.0 Å². The van der Waals surface area contributed by atoms with E-state index in [0.29, 0.717) is 25.9 Å². The first-order valence-electron chi connectivity index (χ1n) is 9.82. The second kappa shape index (κ2) is 9.39. The molecule has 0 bridgehead atoms. The number of nitrogens with one attached hydrogen (secondary N) is 3. The molecule has 3 N–H and O–H groups in total. The lowest BCUT2D eigenvalue weighted by Crippen LogP contribution is -2.51. The van der Waals surface area contributed by atoms with Gasteiger partial charge in [-0.1, -0.05) is 24.3 Å². The molecule has 1 atom stereocenters. The molecule has 0 aromatic heterocycles. The highest BCUT2D eigenvalue weighted by Crippen LogP contribution is 2.22. The van der Waals surface area contributed by atoms with Gasteiger partial charge in [-0.25, -0.2) is 0 Å². The molecule has 146 valence electrons. The highest BCUT2D eigenvalue weighted by atomic mass is 16.2. The Labute approximate surface area is 160 Å². The molecule has 1 aromatic carbocycles. The van der Waals surface area contributed by atoms with Crippen LogP contribution in [0.15, 0.2) is 29.3 Å². The summed E-state index contributed by atoms with van der Waals surface area (Å²) in [6.07, 6.45) is 2.59. The SMILES string of the molecule is CCNC(=NCCCC(=O)N1Cc2ccccc2C1)NC1CCC(=O)NC1. The molecule has 0 saturated carbocycles. The molecule has 1 aromatic rings. The van der Waals surface area contributed by atoms with Crippen LogP contribution in [-0.4, -0.2) is 48.3 Å². The number of hydrogen-bond donors (Lipinski definition) is 3. The van der Waals surface area contributed by atoms with Crippen LogP contribution in [0.5, 0.6) is 0 Å². The Bertz CT molecular complexity index is 668. The van der Waals surface area contributed by atoms with Crippen LogP contribution in [0.3, 0.4) is 0 Å². The van der Waals surface area contributed by atoms with E-state index in [-0.39, 0.29) is 17.9 Å². The van der Waals surface area contributed by atoms with Gasteiger partial charge in [-0.15, -0.1) is 0 Å². The topological polar surface area (TPSA) is 85.8 Å². The fraction of sp³-hybridized carbons (Fsp3) is 0.550. The van der Waals surface area contributed by atoms with Gasteiger partial charge in [0, 0.05) is 51.6 Å². The number of rotatable bonds is 6. The average molecular weight is 371 g/mol. The smallest absolute Gasteiger partial charge is 0.223 e. The summed E-state index contributed by atoms with van der Waals surface area (Å²) in [6, 6.07) is 8.43. The lowest BCUT2D eigenvalue weighted by atomic mass is 10.1. The number of guanidine groups is 1. The van der Waals surface area contributed by atoms with Crippen molar-refractivity contribution in [2.24, 2.45) is 4.99 Å². The molecule has 0 radical (unpaired) electrons. The minimum Gasteiger partial charge on any atom is -0.357 e. The quantitative estimate of drug-likeness (QED) is 0.398. The number of carbonyl (C=O) groups is 2. The van der Waals surface area contributed by atoms with E-state index in [1.165, 1.54) is 11.1 Å². The zero-order valence-corrected chi connectivity index (χ0v) is 16.0. The van der Waals surface area contributed by atoms with Crippen molar-refractivity contribution in [1.82, 2.24) is 20.9 Å². The zero-order valence-electron chi connectivity index (χ0n) is 16.0. The number of benzene rings is 1. The number of piperidine rings is 1. The maximum absolute atomic E-state index is 12.4. The molecule has 1 saturated heterocycles. The molecular weight excluding hydrogens is 342 g/mol. The fourth-order valence-electron chi connectivity index (χ4n) is 3.46. The van der Waals surface area contributed by atoms with Gasteiger partial charge in [-0.05, 0) is 30.9 Å². The maximum atomic E-state index is 12.4. The largest absolute Gasteiger partial charge is 0.357 e. The lowest BCUT2D eigenvalue weighted by Gasteiger charge is -2.25. The second-order valence-electron chi connectivity index (χ2n) is 7.07. The molecule has 1 unspecified atom stereocenters. The van der Waals surface area contributed by atoms with Gasteiger partial charge in [0.1, 0.15) is 0 Å². The number of aliphatic imine (C=N–C) groups is 1. The van der Waals surface area contributed by atoms with Gasteiger partial charge < -0.3 is 20.9 Å². The minimum atomic E-state index is 0.109. The third kappa shape index (κ3) is 5.45. The van der Waals surface area contributed by atoms with E-state index in [9.17, 15) is 9.59 Å². The summed E-state index contributed by atoms with van der Waals surface area (Å²) in [6.45, 7) is 5.45. The third-order valence-corrected chi connectivity index (χ3v) is 4.96. The molecule has 2 aliphatic rings. The maximum Gasteiger partial charge on any atom is 0.223 e. The van der Waals surface area contributed by atoms with Crippen LogP contribution in [0, 0.1) is 0 Å². The lowest BCUT2D eigenvalue weighted by molar-refractivity contribution is -0.131. The first kappa shape index (κ1) is 19.2. The van der Waals surface area contributed by atoms with E-state index in [1.54, 1.807) is 0 Å². The predicted molar refractivity (Wildman–Crippen MR) is 105 cm³/mol. The van der Waals surface area contributed by atoms with Gasteiger partial charge >= 0.3 is 0 Å². The average Bonchev–Trinajstić information content (AvgIpc) is 3.11. The molecule has 3 rings (SSSR count). The summed E-state index contributed by atoms with van der Waals surface area (Å²) >= 11 is 0. The Morgan fingerprint density at radius 1 is 1.30 bits per heavy atom. The van der Waals surface area contributed by atoms with E-state index in [0.717, 1.165) is 38.4 Å². The Kier molecular flexibility index (Phi) is 6.68. The van der Waals surface area contributed by atoms with Crippen molar-refractivity contribution in [2.75, 3.05) is 19.6 Å². The molecule has 0 spiro atoms.